The fraction of sp³-hybridized carbons (Fsp3) is 1.00. The summed E-state index contributed by atoms with van der Waals surface area (Å²) in [5, 5.41) is 20.9. The van der Waals surface area contributed by atoms with E-state index in [1.165, 1.54) is 0 Å². The molecule has 4 atom stereocenters. The Morgan fingerprint density at radius 1 is 0.590 bits per heavy atom. The van der Waals surface area contributed by atoms with Crippen molar-refractivity contribution in [2.24, 2.45) is 0 Å². The first kappa shape index (κ1) is 33.6. The molecular weight excluding hydrogens is 568 g/mol. The fourth-order valence-corrected chi connectivity index (χ4v) is 15.7. The quantitative estimate of drug-likeness (QED) is 0.0738. The summed E-state index contributed by atoms with van der Waals surface area (Å²) in [5.41, 5.74) is 0. The van der Waals surface area contributed by atoms with Crippen molar-refractivity contribution in [1.82, 2.24) is 0 Å². The standard InChI is InChI=1S/C23H48O13Si3/c1-26-38(27-2,11-5-8-30-14-22-17-33-22)36-39(28-3,12-6-9-31-15-23-18-34-23)35-37(19-24,20-25)10-4-7-29-13-21-16-32-21/h21-25H,4-20H2,1-3H3. The van der Waals surface area contributed by atoms with E-state index in [9.17, 15) is 10.2 Å². The molecule has 0 aromatic carbocycles. The van der Waals surface area contributed by atoms with Crippen LogP contribution in [0.25, 0.3) is 0 Å². The van der Waals surface area contributed by atoms with Gasteiger partial charge < -0.3 is 60.1 Å². The predicted molar refractivity (Wildman–Crippen MR) is 145 cm³/mol. The van der Waals surface area contributed by atoms with Crippen molar-refractivity contribution < 1.29 is 60.1 Å². The summed E-state index contributed by atoms with van der Waals surface area (Å²) in [7, 11) is -5.19. The van der Waals surface area contributed by atoms with Crippen LogP contribution in [-0.4, -0.2) is 148 Å². The summed E-state index contributed by atoms with van der Waals surface area (Å²) >= 11 is 0. The lowest BCUT2D eigenvalue weighted by atomic mass is 10.5. The van der Waals surface area contributed by atoms with Gasteiger partial charge in [0, 0.05) is 53.2 Å². The molecule has 4 unspecified atom stereocenters. The zero-order valence-corrected chi connectivity index (χ0v) is 26.6. The van der Waals surface area contributed by atoms with E-state index in [-0.39, 0.29) is 30.8 Å². The van der Waals surface area contributed by atoms with Crippen LogP contribution >= 0.6 is 0 Å². The molecule has 16 heteroatoms. The molecule has 3 fully saturated rings. The third-order valence-electron chi connectivity index (χ3n) is 6.78. The van der Waals surface area contributed by atoms with E-state index in [2.05, 4.69) is 0 Å². The van der Waals surface area contributed by atoms with Crippen molar-refractivity contribution in [3.8, 4) is 0 Å². The van der Waals surface area contributed by atoms with E-state index in [1.54, 1.807) is 21.3 Å². The zero-order valence-electron chi connectivity index (χ0n) is 23.6. The van der Waals surface area contributed by atoms with Crippen LogP contribution in [0.5, 0.6) is 0 Å². The zero-order chi connectivity index (χ0) is 28.0. The van der Waals surface area contributed by atoms with Gasteiger partial charge in [-0.25, -0.2) is 0 Å². The molecule has 2 N–H and O–H groups in total. The second-order valence-corrected chi connectivity index (χ2v) is 20.2. The van der Waals surface area contributed by atoms with Crippen LogP contribution in [0.3, 0.4) is 0 Å². The SMILES string of the molecule is CO[Si](CCCOCC1CO1)(OC)O[Si](CCCOCC1CO1)(OC)O[Si](CO)(CO)CCCOCC1CO1. The van der Waals surface area contributed by atoms with Gasteiger partial charge in [0.15, 0.2) is 0 Å². The molecule has 3 rings (SSSR count). The Balaban J connectivity index is 1.63. The van der Waals surface area contributed by atoms with Crippen molar-refractivity contribution in [2.75, 3.05) is 93.3 Å². The second kappa shape index (κ2) is 17.3. The molecule has 0 aromatic heterocycles. The van der Waals surface area contributed by atoms with E-state index >= 15 is 0 Å². The van der Waals surface area contributed by atoms with Gasteiger partial charge in [-0.15, -0.1) is 0 Å². The average molecular weight is 617 g/mol. The van der Waals surface area contributed by atoms with E-state index in [1.807, 2.05) is 0 Å². The van der Waals surface area contributed by atoms with E-state index < -0.39 is 25.9 Å². The molecule has 230 valence electrons. The third-order valence-corrected chi connectivity index (χ3v) is 18.5. The van der Waals surface area contributed by atoms with Gasteiger partial charge in [-0.2, -0.15) is 0 Å². The number of hydrogen-bond donors (Lipinski definition) is 2. The number of rotatable bonds is 27. The Morgan fingerprint density at radius 3 is 1.33 bits per heavy atom. The van der Waals surface area contributed by atoms with Gasteiger partial charge in [0.25, 0.3) is 0 Å². The summed E-state index contributed by atoms with van der Waals surface area (Å²) in [6.45, 7) is 5.34. The van der Waals surface area contributed by atoms with Crippen LogP contribution in [-0.2, 0) is 49.9 Å². The highest BCUT2D eigenvalue weighted by Gasteiger charge is 2.55. The van der Waals surface area contributed by atoms with Crippen LogP contribution in [0, 0.1) is 0 Å². The number of aliphatic hydroxyl groups excluding tert-OH is 2. The van der Waals surface area contributed by atoms with Gasteiger partial charge in [0.2, 0.25) is 8.32 Å². The highest BCUT2D eigenvalue weighted by molar-refractivity contribution is 6.85. The third kappa shape index (κ3) is 12.5. The fourth-order valence-electron chi connectivity index (χ4n) is 4.04. The largest absolute Gasteiger partial charge is 0.493 e. The number of hydrogen-bond acceptors (Lipinski definition) is 13. The molecule has 0 saturated carbocycles. The molecule has 0 aliphatic carbocycles. The molecule has 3 heterocycles. The smallest absolute Gasteiger partial charge is 0.411 e. The average Bonchev–Trinajstić information content (AvgIpc) is 3.80. The van der Waals surface area contributed by atoms with Gasteiger partial charge in [0.1, 0.15) is 18.3 Å². The molecule has 0 amide bonds. The van der Waals surface area contributed by atoms with E-state index in [0.717, 1.165) is 19.8 Å². The maximum Gasteiger partial charge on any atom is 0.493 e. The first-order valence-corrected chi connectivity index (χ1v) is 20.2. The van der Waals surface area contributed by atoms with Crippen LogP contribution in [0.4, 0.5) is 0 Å². The van der Waals surface area contributed by atoms with Crippen molar-refractivity contribution in [2.45, 2.75) is 55.7 Å². The highest BCUT2D eigenvalue weighted by atomic mass is 28.5. The molecule has 0 bridgehead atoms. The van der Waals surface area contributed by atoms with Gasteiger partial charge in [-0.1, -0.05) is 0 Å². The minimum Gasteiger partial charge on any atom is -0.411 e. The Labute approximate surface area is 235 Å². The Kier molecular flexibility index (Phi) is 14.9. The topological polar surface area (TPSA) is 152 Å². The maximum atomic E-state index is 10.4. The summed E-state index contributed by atoms with van der Waals surface area (Å²) in [4.78, 5) is 0. The van der Waals surface area contributed by atoms with Crippen molar-refractivity contribution in [1.29, 1.82) is 0 Å². The van der Waals surface area contributed by atoms with Crippen LogP contribution < -0.4 is 0 Å². The summed E-state index contributed by atoms with van der Waals surface area (Å²) in [6, 6.07) is 1.39. The molecule has 3 aliphatic heterocycles. The molecule has 0 radical (unpaired) electrons. The van der Waals surface area contributed by atoms with Crippen LogP contribution in [0.2, 0.25) is 18.1 Å². The summed E-state index contributed by atoms with van der Waals surface area (Å²) < 4.78 is 63.8. The molecule has 39 heavy (non-hydrogen) atoms. The summed E-state index contributed by atoms with van der Waals surface area (Å²) in [6.07, 6.45) is 1.88. The number of ether oxygens (including phenoxy) is 6. The van der Waals surface area contributed by atoms with E-state index in [0.29, 0.717) is 77.0 Å². The van der Waals surface area contributed by atoms with E-state index in [4.69, 9.17) is 49.9 Å². The first-order valence-electron chi connectivity index (χ1n) is 13.8. The van der Waals surface area contributed by atoms with Crippen molar-refractivity contribution >= 4 is 25.9 Å². The Bertz CT molecular complexity index is 619. The van der Waals surface area contributed by atoms with Gasteiger partial charge in [-0.05, 0) is 25.3 Å². The normalized spacial score (nSPS) is 24.1. The molecule has 3 aliphatic rings. The number of epoxide rings is 3. The van der Waals surface area contributed by atoms with Crippen molar-refractivity contribution in [3.63, 3.8) is 0 Å². The highest BCUT2D eigenvalue weighted by Crippen LogP contribution is 2.31. The molecule has 0 aromatic rings. The van der Waals surface area contributed by atoms with Crippen molar-refractivity contribution in [3.05, 3.63) is 0 Å². The lowest BCUT2D eigenvalue weighted by Gasteiger charge is -2.42. The van der Waals surface area contributed by atoms with Gasteiger partial charge in [-0.3, -0.25) is 0 Å². The van der Waals surface area contributed by atoms with Gasteiger partial charge in [0.05, 0.1) is 52.1 Å². The predicted octanol–water partition coefficient (Wildman–Crippen LogP) is 0.262. The lowest BCUT2D eigenvalue weighted by Crippen LogP contribution is -2.64. The number of aliphatic hydroxyl groups is 2. The molecular formula is C23H48O13Si3. The first-order chi connectivity index (χ1) is 19.0. The summed E-state index contributed by atoms with van der Waals surface area (Å²) in [5.74, 6) is 0. The minimum absolute atomic E-state index is 0.176. The Hall–Kier alpha value is 0.131. The second-order valence-electron chi connectivity index (χ2n) is 10.1. The van der Waals surface area contributed by atoms with Crippen LogP contribution in [0.15, 0.2) is 0 Å². The van der Waals surface area contributed by atoms with Gasteiger partial charge >= 0.3 is 17.6 Å². The molecule has 3 saturated heterocycles. The Morgan fingerprint density at radius 2 is 0.974 bits per heavy atom. The molecule has 0 spiro atoms. The minimum atomic E-state index is -3.52. The van der Waals surface area contributed by atoms with Crippen LogP contribution in [0.1, 0.15) is 19.3 Å². The lowest BCUT2D eigenvalue weighted by molar-refractivity contribution is 0.0833. The monoisotopic (exact) mass is 616 g/mol. The molecule has 13 nitrogen and oxygen atoms in total. The maximum absolute atomic E-state index is 10.4.